The number of ether oxygens (including phenoxy) is 1. The summed E-state index contributed by atoms with van der Waals surface area (Å²) in [5.74, 6) is -0.865. The molecule has 3 rings (SSSR count). The van der Waals surface area contributed by atoms with Crippen LogP contribution in [0.1, 0.15) is 23.6 Å². The molecule has 0 aliphatic heterocycles. The van der Waals surface area contributed by atoms with Crippen molar-refractivity contribution in [2.24, 2.45) is 7.05 Å². The summed E-state index contributed by atoms with van der Waals surface area (Å²) < 4.78 is 6.89. The van der Waals surface area contributed by atoms with E-state index in [9.17, 15) is 24.6 Å². The second kappa shape index (κ2) is 13.6. The number of carboxylic acid groups (broad SMARTS) is 1. The molecule has 0 bridgehead atoms. The molecule has 9 nitrogen and oxygen atoms in total. The van der Waals surface area contributed by atoms with Gasteiger partial charge in [0.2, 0.25) is 0 Å². The number of benzene rings is 2. The van der Waals surface area contributed by atoms with Crippen molar-refractivity contribution >= 4 is 17.7 Å². The maximum atomic E-state index is 12.4. The summed E-state index contributed by atoms with van der Waals surface area (Å²) in [5.41, 5.74) is 0.465. The summed E-state index contributed by atoms with van der Waals surface area (Å²) in [6.07, 6.45) is 0.773. The minimum absolute atomic E-state index is 0. The molecule has 1 aromatic heterocycles. The van der Waals surface area contributed by atoms with E-state index >= 15 is 0 Å². The Hall–Kier alpha value is -2.27. The first kappa shape index (κ1) is 29.8. The summed E-state index contributed by atoms with van der Waals surface area (Å²) in [7, 11) is 1.43. The maximum Gasteiger partial charge on any atom is 1.00 e. The topological polar surface area (TPSA) is 136 Å². The van der Waals surface area contributed by atoms with E-state index in [1.54, 1.807) is 24.3 Å². The fraction of sp³-hybridized carbons (Fsp3) is 0.174. The first-order chi connectivity index (χ1) is 15.2. The van der Waals surface area contributed by atoms with Crippen LogP contribution in [0, 0.1) is 6.92 Å². The van der Waals surface area contributed by atoms with Crippen LogP contribution in [0.2, 0.25) is 0 Å². The Morgan fingerprint density at radius 1 is 1.00 bits per heavy atom. The molecule has 34 heavy (non-hydrogen) atoms. The summed E-state index contributed by atoms with van der Waals surface area (Å²) in [5, 5.41) is 27.8. The van der Waals surface area contributed by atoms with Gasteiger partial charge in [0.25, 0.3) is 5.56 Å². The Morgan fingerprint density at radius 2 is 1.56 bits per heavy atom. The number of hydrogen-bond acceptors (Lipinski definition) is 6. The van der Waals surface area contributed by atoms with Gasteiger partial charge in [-0.3, -0.25) is 4.79 Å². The van der Waals surface area contributed by atoms with Crippen molar-refractivity contribution in [1.29, 1.82) is 0 Å². The van der Waals surface area contributed by atoms with Crippen LogP contribution >= 0.6 is 0 Å². The number of urea groups is 1. The third-order valence-corrected chi connectivity index (χ3v) is 4.68. The van der Waals surface area contributed by atoms with Crippen molar-refractivity contribution in [3.05, 3.63) is 82.3 Å². The molecule has 0 radical (unpaired) electrons. The molecule has 2 aromatic carbocycles. The van der Waals surface area contributed by atoms with Gasteiger partial charge in [0.1, 0.15) is 17.2 Å². The Kier molecular flexibility index (Phi) is 11.9. The van der Waals surface area contributed by atoms with Gasteiger partial charge in [0.05, 0.1) is 6.04 Å². The van der Waals surface area contributed by atoms with Gasteiger partial charge in [0, 0.05) is 25.6 Å². The van der Waals surface area contributed by atoms with E-state index in [1.165, 1.54) is 13.2 Å². The number of anilines is 1. The Balaban J connectivity index is 0.00000289. The van der Waals surface area contributed by atoms with Gasteiger partial charge in [-0.25, -0.2) is 4.79 Å². The van der Waals surface area contributed by atoms with Crippen molar-refractivity contribution in [2.75, 3.05) is 5.32 Å². The van der Waals surface area contributed by atoms with E-state index in [-0.39, 0.29) is 59.1 Å². The molecule has 0 spiro atoms. The molecule has 3 aromatic rings. The molecule has 0 unspecified atom stereocenters. The third kappa shape index (κ3) is 8.19. The van der Waals surface area contributed by atoms with Crippen LogP contribution in [0.15, 0.2) is 65.6 Å². The van der Waals surface area contributed by atoms with Crippen molar-refractivity contribution in [2.45, 2.75) is 19.4 Å². The molecule has 166 valence electrons. The molecule has 2 amide bonds. The Morgan fingerprint density at radius 3 is 2.12 bits per heavy atom. The first-order valence-electron chi connectivity index (χ1n) is 9.71. The molecule has 0 aliphatic rings. The molecule has 1 atom stereocenters. The van der Waals surface area contributed by atoms with Crippen LogP contribution in [-0.2, 0) is 11.8 Å². The normalized spacial score (nSPS) is 10.8. The standard InChI is InChI=1S/C23H23N3O6.2Na/c1-14-3-7-16(8-4-14)32-17-9-5-15(6-10-17)18(13-20(28)29)24-23(31)25-21-19(27)11-12-26(2)22(21)30;;/h3-12,18,27H,13H2,1-2H3,(H,28,29)(H2,24,25,31);;/q;2*+1/p-2/t18-;;/m0../s1. The monoisotopic (exact) mass is 481 g/mol. The molecule has 0 saturated carbocycles. The molecular weight excluding hydrogens is 460 g/mol. The van der Waals surface area contributed by atoms with Gasteiger partial charge >= 0.3 is 65.1 Å². The summed E-state index contributed by atoms with van der Waals surface area (Å²) in [6.45, 7) is 1.96. The molecule has 0 fully saturated rings. The molecule has 11 heteroatoms. The van der Waals surface area contributed by atoms with Crippen LogP contribution in [0.3, 0.4) is 0 Å². The van der Waals surface area contributed by atoms with Gasteiger partial charge in [-0.1, -0.05) is 41.6 Å². The van der Waals surface area contributed by atoms with Crippen molar-refractivity contribution < 1.29 is 83.7 Å². The van der Waals surface area contributed by atoms with Gasteiger partial charge in [0.15, 0.2) is 0 Å². The van der Waals surface area contributed by atoms with Crippen LogP contribution in [0.4, 0.5) is 10.5 Å². The van der Waals surface area contributed by atoms with Gasteiger partial charge < -0.3 is 34.9 Å². The summed E-state index contributed by atoms with van der Waals surface area (Å²) >= 11 is 0. The zero-order chi connectivity index (χ0) is 23.3. The number of carbonyl (C=O) groups is 2. The molecular formula is C23H21N3Na2O6. The van der Waals surface area contributed by atoms with Gasteiger partial charge in [-0.15, -0.1) is 0 Å². The van der Waals surface area contributed by atoms with Crippen LogP contribution in [0.25, 0.3) is 0 Å². The van der Waals surface area contributed by atoms with E-state index in [4.69, 9.17) is 4.74 Å². The van der Waals surface area contributed by atoms with Crippen LogP contribution in [0.5, 0.6) is 17.2 Å². The second-order valence-electron chi connectivity index (χ2n) is 7.18. The van der Waals surface area contributed by atoms with Crippen molar-refractivity contribution in [3.8, 4) is 17.2 Å². The summed E-state index contributed by atoms with van der Waals surface area (Å²) in [6, 6.07) is 13.3. The maximum absolute atomic E-state index is 12.4. The Labute approximate surface area is 240 Å². The van der Waals surface area contributed by atoms with Crippen LogP contribution in [-0.4, -0.2) is 16.6 Å². The number of rotatable bonds is 7. The average molecular weight is 481 g/mol. The molecule has 1 heterocycles. The zero-order valence-corrected chi connectivity index (χ0v) is 23.5. The number of hydrogen-bond donors (Lipinski definition) is 2. The van der Waals surface area contributed by atoms with E-state index < -0.39 is 41.5 Å². The molecule has 0 saturated heterocycles. The minimum Gasteiger partial charge on any atom is -0.871 e. The first-order valence-corrected chi connectivity index (χ1v) is 9.71. The number of pyridine rings is 1. The number of carboxylic acids is 1. The smallest absolute Gasteiger partial charge is 0.871 e. The fourth-order valence-electron chi connectivity index (χ4n) is 2.96. The van der Waals surface area contributed by atoms with Crippen LogP contribution < -0.4 is 90.3 Å². The van der Waals surface area contributed by atoms with Crippen molar-refractivity contribution in [1.82, 2.24) is 9.88 Å². The minimum atomic E-state index is -1.38. The average Bonchev–Trinajstić information content (AvgIpc) is 2.75. The Bertz CT molecular complexity index is 1180. The largest absolute Gasteiger partial charge is 1.00 e. The number of amides is 2. The number of nitrogens with one attached hydrogen (secondary N) is 2. The number of nitrogens with zero attached hydrogens (tertiary/aromatic N) is 1. The molecule has 0 aliphatic carbocycles. The van der Waals surface area contributed by atoms with E-state index in [0.717, 1.165) is 16.2 Å². The van der Waals surface area contributed by atoms with Gasteiger partial charge in [-0.2, -0.15) is 0 Å². The van der Waals surface area contributed by atoms with E-state index in [1.807, 2.05) is 31.2 Å². The quantitative estimate of drug-likeness (QED) is 0.327. The van der Waals surface area contributed by atoms with E-state index in [0.29, 0.717) is 17.1 Å². The predicted molar refractivity (Wildman–Crippen MR) is 113 cm³/mol. The third-order valence-electron chi connectivity index (χ3n) is 4.68. The number of carbonyl (C=O) groups excluding carboxylic acids is 2. The predicted octanol–water partition coefficient (Wildman–Crippen LogP) is -4.43. The van der Waals surface area contributed by atoms with E-state index in [2.05, 4.69) is 10.6 Å². The SMILES string of the molecule is Cc1ccc(Oc2ccc([C@H](CC(=O)[O-])NC(=O)Nc3c([O-])ccn(C)c3=O)cc2)cc1.[Na+].[Na+]. The number of aryl methyl sites for hydroxylation is 2. The second-order valence-corrected chi connectivity index (χ2v) is 7.18. The van der Waals surface area contributed by atoms with Gasteiger partial charge in [-0.05, 0) is 36.8 Å². The zero-order valence-electron chi connectivity index (χ0n) is 19.5. The summed E-state index contributed by atoms with van der Waals surface area (Å²) in [4.78, 5) is 35.6. The fourth-order valence-corrected chi connectivity index (χ4v) is 2.96. The number of aliphatic carboxylic acids is 1. The molecule has 2 N–H and O–H groups in total. The number of aromatic nitrogens is 1. The van der Waals surface area contributed by atoms with Crippen molar-refractivity contribution in [3.63, 3.8) is 0 Å².